The largest absolute Gasteiger partial charge is 0.381 e. The summed E-state index contributed by atoms with van der Waals surface area (Å²) in [6.07, 6.45) is 7.71. The first-order valence-corrected chi connectivity index (χ1v) is 8.15. The number of aromatic nitrogens is 1. The molecule has 1 aromatic heterocycles. The first-order chi connectivity index (χ1) is 10.7. The zero-order valence-corrected chi connectivity index (χ0v) is 13.5. The molecule has 3 rings (SSSR count). The first-order valence-electron chi connectivity index (χ1n) is 8.15. The lowest BCUT2D eigenvalue weighted by atomic mass is 9.76. The van der Waals surface area contributed by atoms with Gasteiger partial charge in [0.2, 0.25) is 0 Å². The zero-order chi connectivity index (χ0) is 15.6. The second kappa shape index (κ2) is 6.24. The molecule has 5 heteroatoms. The minimum atomic E-state index is 0.0817. The molecule has 1 aliphatic carbocycles. The summed E-state index contributed by atoms with van der Waals surface area (Å²) in [5.74, 6) is 0.736. The van der Waals surface area contributed by atoms with E-state index < -0.39 is 0 Å². The SMILES string of the molecule is CNc1ncccc1C(=O)N1CCC[C@@]2(CCC[C@H]2OC)C1. The van der Waals surface area contributed by atoms with Crippen LogP contribution in [0.5, 0.6) is 0 Å². The number of methoxy groups -OCH3 is 1. The van der Waals surface area contributed by atoms with Gasteiger partial charge in [0.15, 0.2) is 0 Å². The number of nitrogens with one attached hydrogen (secondary N) is 1. The number of anilines is 1. The number of carbonyl (C=O) groups excluding carboxylic acids is 1. The summed E-state index contributed by atoms with van der Waals surface area (Å²) < 4.78 is 5.72. The Hall–Kier alpha value is -1.62. The van der Waals surface area contributed by atoms with Crippen molar-refractivity contribution in [3.63, 3.8) is 0 Å². The molecular weight excluding hydrogens is 278 g/mol. The van der Waals surface area contributed by atoms with Gasteiger partial charge in [-0.1, -0.05) is 6.42 Å². The van der Waals surface area contributed by atoms with Gasteiger partial charge in [-0.2, -0.15) is 0 Å². The van der Waals surface area contributed by atoms with Gasteiger partial charge < -0.3 is 15.0 Å². The van der Waals surface area contributed by atoms with Crippen LogP contribution >= 0.6 is 0 Å². The maximum atomic E-state index is 12.9. The smallest absolute Gasteiger partial charge is 0.257 e. The molecule has 1 N–H and O–H groups in total. The number of carbonyl (C=O) groups is 1. The van der Waals surface area contributed by atoms with Crippen molar-refractivity contribution in [2.24, 2.45) is 5.41 Å². The predicted octanol–water partition coefficient (Wildman–Crippen LogP) is 2.54. The second-order valence-electron chi connectivity index (χ2n) is 6.46. The van der Waals surface area contributed by atoms with Crippen LogP contribution in [0.25, 0.3) is 0 Å². The van der Waals surface area contributed by atoms with E-state index in [2.05, 4.69) is 10.3 Å². The van der Waals surface area contributed by atoms with E-state index in [1.807, 2.05) is 17.0 Å². The Labute approximate surface area is 132 Å². The molecule has 0 aromatic carbocycles. The molecule has 120 valence electrons. The van der Waals surface area contributed by atoms with Crippen LogP contribution in [0.15, 0.2) is 18.3 Å². The Morgan fingerprint density at radius 1 is 1.45 bits per heavy atom. The van der Waals surface area contributed by atoms with Gasteiger partial charge in [0.1, 0.15) is 5.82 Å². The Kier molecular flexibility index (Phi) is 4.34. The number of pyridine rings is 1. The highest BCUT2D eigenvalue weighted by molar-refractivity contribution is 5.98. The monoisotopic (exact) mass is 303 g/mol. The topological polar surface area (TPSA) is 54.5 Å². The van der Waals surface area contributed by atoms with E-state index in [0.717, 1.165) is 25.9 Å². The molecule has 5 nitrogen and oxygen atoms in total. The molecule has 0 bridgehead atoms. The van der Waals surface area contributed by atoms with Crippen molar-refractivity contribution in [3.8, 4) is 0 Å². The molecule has 1 aromatic rings. The summed E-state index contributed by atoms with van der Waals surface area (Å²) in [6, 6.07) is 3.67. The number of hydrogen-bond acceptors (Lipinski definition) is 4. The fourth-order valence-corrected chi connectivity index (χ4v) is 4.22. The lowest BCUT2D eigenvalue weighted by Gasteiger charge is -2.43. The molecular formula is C17H25N3O2. The van der Waals surface area contributed by atoms with Crippen molar-refractivity contribution in [1.82, 2.24) is 9.88 Å². The number of nitrogens with zero attached hydrogens (tertiary/aromatic N) is 2. The van der Waals surface area contributed by atoms with Gasteiger partial charge in [-0.3, -0.25) is 4.79 Å². The Morgan fingerprint density at radius 2 is 2.27 bits per heavy atom. The summed E-state index contributed by atoms with van der Waals surface area (Å²) in [6.45, 7) is 1.64. The summed E-state index contributed by atoms with van der Waals surface area (Å²) in [5, 5.41) is 3.01. The van der Waals surface area contributed by atoms with E-state index >= 15 is 0 Å². The zero-order valence-electron chi connectivity index (χ0n) is 13.5. The fraction of sp³-hybridized carbons (Fsp3) is 0.647. The van der Waals surface area contributed by atoms with Crippen molar-refractivity contribution < 1.29 is 9.53 Å². The van der Waals surface area contributed by atoms with Crippen molar-refractivity contribution in [2.75, 3.05) is 32.6 Å². The maximum Gasteiger partial charge on any atom is 0.257 e. The van der Waals surface area contributed by atoms with Crippen LogP contribution in [-0.2, 0) is 4.74 Å². The number of amides is 1. The number of rotatable bonds is 3. The molecule has 2 fully saturated rings. The van der Waals surface area contributed by atoms with E-state index in [0.29, 0.717) is 17.5 Å². The van der Waals surface area contributed by atoms with Gasteiger partial charge in [-0.25, -0.2) is 4.98 Å². The fourth-order valence-electron chi connectivity index (χ4n) is 4.22. The highest BCUT2D eigenvalue weighted by Gasteiger charge is 2.46. The van der Waals surface area contributed by atoms with Gasteiger partial charge >= 0.3 is 0 Å². The Bertz CT molecular complexity index is 548. The van der Waals surface area contributed by atoms with Crippen molar-refractivity contribution >= 4 is 11.7 Å². The summed E-state index contributed by atoms with van der Waals surface area (Å²) in [4.78, 5) is 19.2. The standard InChI is InChI=1S/C17H25N3O2/c1-18-15-13(6-4-10-19-15)16(21)20-11-5-9-17(12-20)8-3-7-14(17)22-2/h4,6,10,14H,3,5,7-9,11-12H2,1-2H3,(H,18,19)/t14-,17+/m1/s1. The molecule has 1 saturated carbocycles. The number of likely N-dealkylation sites (tertiary alicyclic amines) is 1. The summed E-state index contributed by atoms with van der Waals surface area (Å²) >= 11 is 0. The van der Waals surface area contributed by atoms with E-state index in [1.54, 1.807) is 20.4 Å². The van der Waals surface area contributed by atoms with Gasteiger partial charge in [0.05, 0.1) is 11.7 Å². The number of piperidine rings is 1. The van der Waals surface area contributed by atoms with Crippen molar-refractivity contribution in [2.45, 2.75) is 38.2 Å². The summed E-state index contributed by atoms with van der Waals surface area (Å²) in [7, 11) is 3.60. The quantitative estimate of drug-likeness (QED) is 0.932. The van der Waals surface area contributed by atoms with E-state index in [-0.39, 0.29) is 11.3 Å². The lowest BCUT2D eigenvalue weighted by Crippen LogP contribution is -2.49. The number of hydrogen-bond donors (Lipinski definition) is 1. The van der Waals surface area contributed by atoms with Gasteiger partial charge in [-0.05, 0) is 37.8 Å². The third-order valence-corrected chi connectivity index (χ3v) is 5.28. The lowest BCUT2D eigenvalue weighted by molar-refractivity contribution is -0.0295. The van der Waals surface area contributed by atoms with Crippen LogP contribution in [-0.4, -0.2) is 49.1 Å². The molecule has 2 aliphatic rings. The third kappa shape index (κ3) is 2.58. The first kappa shape index (κ1) is 15.3. The molecule has 0 unspecified atom stereocenters. The predicted molar refractivity (Wildman–Crippen MR) is 86.0 cm³/mol. The molecule has 2 atom stereocenters. The van der Waals surface area contributed by atoms with Crippen LogP contribution in [0.3, 0.4) is 0 Å². The second-order valence-corrected chi connectivity index (χ2v) is 6.46. The highest BCUT2D eigenvalue weighted by Crippen LogP contribution is 2.46. The highest BCUT2D eigenvalue weighted by atomic mass is 16.5. The molecule has 22 heavy (non-hydrogen) atoms. The minimum Gasteiger partial charge on any atom is -0.381 e. The van der Waals surface area contributed by atoms with Crippen molar-refractivity contribution in [3.05, 3.63) is 23.9 Å². The molecule has 1 saturated heterocycles. The van der Waals surface area contributed by atoms with E-state index in [9.17, 15) is 4.79 Å². The van der Waals surface area contributed by atoms with Crippen LogP contribution in [0.1, 0.15) is 42.5 Å². The normalized spacial score (nSPS) is 28.1. The van der Waals surface area contributed by atoms with Gasteiger partial charge in [-0.15, -0.1) is 0 Å². The average molecular weight is 303 g/mol. The molecule has 1 amide bonds. The van der Waals surface area contributed by atoms with Crippen molar-refractivity contribution in [1.29, 1.82) is 0 Å². The maximum absolute atomic E-state index is 12.9. The van der Waals surface area contributed by atoms with E-state index in [4.69, 9.17) is 4.74 Å². The molecule has 1 spiro atoms. The van der Waals surface area contributed by atoms with Crippen LogP contribution < -0.4 is 5.32 Å². The Morgan fingerprint density at radius 3 is 3.05 bits per heavy atom. The minimum absolute atomic E-state index is 0.0817. The molecule has 2 heterocycles. The molecule has 1 aliphatic heterocycles. The van der Waals surface area contributed by atoms with Crippen LogP contribution in [0.2, 0.25) is 0 Å². The number of ether oxygens (including phenoxy) is 1. The van der Waals surface area contributed by atoms with E-state index in [1.165, 1.54) is 19.3 Å². The summed E-state index contributed by atoms with van der Waals surface area (Å²) in [5.41, 5.74) is 0.819. The molecule has 0 radical (unpaired) electrons. The van der Waals surface area contributed by atoms with Crippen LogP contribution in [0.4, 0.5) is 5.82 Å². The van der Waals surface area contributed by atoms with Crippen LogP contribution in [0, 0.1) is 5.41 Å². The van der Waals surface area contributed by atoms with Gasteiger partial charge in [0.25, 0.3) is 5.91 Å². The third-order valence-electron chi connectivity index (χ3n) is 5.28. The van der Waals surface area contributed by atoms with Gasteiger partial charge in [0, 0.05) is 38.9 Å². The average Bonchev–Trinajstić information content (AvgIpc) is 2.95. The Balaban J connectivity index is 1.81.